The Kier molecular flexibility index (Phi) is 8.48. The van der Waals surface area contributed by atoms with E-state index >= 15 is 0 Å². The molecule has 0 spiro atoms. The molecule has 4 aromatic rings. The van der Waals surface area contributed by atoms with Gasteiger partial charge in [-0.2, -0.15) is 0 Å². The van der Waals surface area contributed by atoms with Gasteiger partial charge in [0.2, 0.25) is 5.91 Å². The highest BCUT2D eigenvalue weighted by Gasteiger charge is 2.22. The highest BCUT2D eigenvalue weighted by molar-refractivity contribution is 6.36. The number of nitrogens with one attached hydrogen (secondary N) is 1. The average molecular weight is 572 g/mol. The minimum atomic E-state index is -0.224. The number of likely N-dealkylation sites (N-methyl/N-ethyl adjacent to an activating group) is 1. The Morgan fingerprint density at radius 3 is 2.26 bits per heavy atom. The van der Waals surface area contributed by atoms with Gasteiger partial charge in [0.05, 0.1) is 22.9 Å². The summed E-state index contributed by atoms with van der Waals surface area (Å²) in [6.45, 7) is 6.45. The van der Waals surface area contributed by atoms with Crippen molar-refractivity contribution in [3.63, 3.8) is 0 Å². The molecule has 0 aliphatic heterocycles. The first-order valence-electron chi connectivity index (χ1n) is 12.2. The predicted octanol–water partition coefficient (Wildman–Crippen LogP) is 7.16. The summed E-state index contributed by atoms with van der Waals surface area (Å²) in [6, 6.07) is 14.6. The Balaban J connectivity index is 2.12. The SMILES string of the molecule is Cc1c(NC(=O)CN(C)C)c2cc(-c3ccc(Cl)cc3)c(-c3ccc(Cl)cc3Cl)nc2n(CC(C)C)c1=O. The number of rotatable bonds is 7. The number of nitrogens with zero attached hydrogens (tertiary/aromatic N) is 3. The third-order valence-corrected chi connectivity index (χ3v) is 6.88. The number of carbonyl (C=O) groups excluding carboxylic acids is 1. The fraction of sp³-hybridized carbons (Fsp3) is 0.276. The molecule has 0 aliphatic carbocycles. The van der Waals surface area contributed by atoms with E-state index in [-0.39, 0.29) is 23.9 Å². The molecule has 0 unspecified atom stereocenters. The Bertz CT molecular complexity index is 1580. The van der Waals surface area contributed by atoms with Crippen molar-refractivity contribution >= 4 is 57.4 Å². The zero-order chi connectivity index (χ0) is 27.7. The van der Waals surface area contributed by atoms with Crippen LogP contribution in [0.15, 0.2) is 53.3 Å². The van der Waals surface area contributed by atoms with Crippen molar-refractivity contribution in [2.75, 3.05) is 26.0 Å². The monoisotopic (exact) mass is 570 g/mol. The van der Waals surface area contributed by atoms with Gasteiger partial charge in [-0.15, -0.1) is 0 Å². The number of benzene rings is 2. The number of hydrogen-bond donors (Lipinski definition) is 1. The van der Waals surface area contributed by atoms with Crippen molar-refractivity contribution in [1.82, 2.24) is 14.5 Å². The predicted molar refractivity (Wildman–Crippen MR) is 159 cm³/mol. The van der Waals surface area contributed by atoms with Crippen molar-refractivity contribution in [2.45, 2.75) is 27.3 Å². The molecule has 2 heterocycles. The number of pyridine rings is 2. The van der Waals surface area contributed by atoms with E-state index in [2.05, 4.69) is 5.32 Å². The van der Waals surface area contributed by atoms with Crippen molar-refractivity contribution < 1.29 is 4.79 Å². The van der Waals surface area contributed by atoms with Crippen LogP contribution < -0.4 is 10.9 Å². The minimum absolute atomic E-state index is 0.173. The fourth-order valence-electron chi connectivity index (χ4n) is 4.40. The van der Waals surface area contributed by atoms with Crippen LogP contribution in [0.3, 0.4) is 0 Å². The third kappa shape index (κ3) is 5.89. The highest BCUT2D eigenvalue weighted by Crippen LogP contribution is 2.39. The lowest BCUT2D eigenvalue weighted by atomic mass is 9.97. The molecule has 0 bridgehead atoms. The fourth-order valence-corrected chi connectivity index (χ4v) is 5.02. The van der Waals surface area contributed by atoms with E-state index in [1.54, 1.807) is 40.7 Å². The van der Waals surface area contributed by atoms with E-state index in [1.165, 1.54) is 0 Å². The van der Waals surface area contributed by atoms with E-state index in [4.69, 9.17) is 39.8 Å². The van der Waals surface area contributed by atoms with Crippen LogP contribution in [0, 0.1) is 12.8 Å². The maximum Gasteiger partial charge on any atom is 0.257 e. The maximum atomic E-state index is 13.6. The number of amides is 1. The van der Waals surface area contributed by atoms with E-state index in [0.717, 1.165) is 11.1 Å². The zero-order valence-corrected chi connectivity index (χ0v) is 24.2. The normalized spacial score (nSPS) is 11.5. The van der Waals surface area contributed by atoms with E-state index in [0.29, 0.717) is 55.2 Å². The van der Waals surface area contributed by atoms with Crippen LogP contribution in [0.4, 0.5) is 5.69 Å². The summed E-state index contributed by atoms with van der Waals surface area (Å²) < 4.78 is 1.68. The summed E-state index contributed by atoms with van der Waals surface area (Å²) in [7, 11) is 3.63. The molecule has 6 nitrogen and oxygen atoms in total. The topological polar surface area (TPSA) is 67.2 Å². The largest absolute Gasteiger partial charge is 0.324 e. The molecule has 4 rings (SSSR count). The zero-order valence-electron chi connectivity index (χ0n) is 21.9. The average Bonchev–Trinajstić information content (AvgIpc) is 2.84. The van der Waals surface area contributed by atoms with Crippen LogP contribution in [-0.2, 0) is 11.3 Å². The Hall–Kier alpha value is -2.90. The standard InChI is InChI=1S/C29H29Cl3N4O2/c1-16(2)14-36-28-23(26(17(3)29(36)38)33-25(37)15-35(4)5)13-22(18-6-8-19(30)9-7-18)27(34-28)21-11-10-20(31)12-24(21)32/h6-13,16H,14-15H2,1-5H3,(H,33,37). The summed E-state index contributed by atoms with van der Waals surface area (Å²) in [4.78, 5) is 33.2. The van der Waals surface area contributed by atoms with Gasteiger partial charge in [0.15, 0.2) is 0 Å². The first-order chi connectivity index (χ1) is 18.0. The highest BCUT2D eigenvalue weighted by atomic mass is 35.5. The molecular formula is C29H29Cl3N4O2. The lowest BCUT2D eigenvalue weighted by molar-refractivity contribution is -0.116. The number of hydrogen-bond acceptors (Lipinski definition) is 4. The summed E-state index contributed by atoms with van der Waals surface area (Å²) in [5, 5.41) is 5.18. The second kappa shape index (κ2) is 11.5. The quantitative estimate of drug-likeness (QED) is 0.256. The summed E-state index contributed by atoms with van der Waals surface area (Å²) in [6.07, 6.45) is 0. The number of fused-ring (bicyclic) bond motifs is 1. The number of halogens is 3. The maximum absolute atomic E-state index is 13.6. The van der Waals surface area contributed by atoms with Gasteiger partial charge in [0.1, 0.15) is 5.65 Å². The molecule has 0 radical (unpaired) electrons. The summed E-state index contributed by atoms with van der Waals surface area (Å²) in [5.74, 6) is -0.0388. The molecule has 1 N–H and O–H groups in total. The molecule has 2 aromatic heterocycles. The number of aromatic nitrogens is 2. The molecule has 0 saturated carbocycles. The van der Waals surface area contributed by atoms with Crippen LogP contribution in [0.2, 0.25) is 15.1 Å². The van der Waals surface area contributed by atoms with Gasteiger partial charge >= 0.3 is 0 Å². The van der Waals surface area contributed by atoms with Gasteiger partial charge < -0.3 is 10.2 Å². The molecule has 0 atom stereocenters. The summed E-state index contributed by atoms with van der Waals surface area (Å²) >= 11 is 19.0. The molecular weight excluding hydrogens is 543 g/mol. The molecule has 38 heavy (non-hydrogen) atoms. The van der Waals surface area contributed by atoms with Gasteiger partial charge in [0, 0.05) is 38.7 Å². The molecule has 0 aliphatic rings. The Labute approximate surface area is 237 Å². The molecule has 198 valence electrons. The van der Waals surface area contributed by atoms with Gasteiger partial charge in [-0.05, 0) is 68.9 Å². The van der Waals surface area contributed by atoms with Gasteiger partial charge in [0.25, 0.3) is 5.56 Å². The third-order valence-electron chi connectivity index (χ3n) is 6.08. The van der Waals surface area contributed by atoms with Crippen LogP contribution in [-0.4, -0.2) is 41.0 Å². The van der Waals surface area contributed by atoms with E-state index in [9.17, 15) is 9.59 Å². The van der Waals surface area contributed by atoms with Crippen molar-refractivity contribution in [1.29, 1.82) is 0 Å². The molecule has 2 aromatic carbocycles. The van der Waals surface area contributed by atoms with Crippen LogP contribution >= 0.6 is 34.8 Å². The first-order valence-corrected chi connectivity index (χ1v) is 13.3. The minimum Gasteiger partial charge on any atom is -0.324 e. The summed E-state index contributed by atoms with van der Waals surface area (Å²) in [5.41, 5.74) is 4.06. The molecule has 0 fully saturated rings. The van der Waals surface area contributed by atoms with Crippen molar-refractivity contribution in [3.8, 4) is 22.4 Å². The molecule has 1 amide bonds. The number of carbonyl (C=O) groups is 1. The Morgan fingerprint density at radius 2 is 1.66 bits per heavy atom. The van der Waals surface area contributed by atoms with Gasteiger partial charge in [-0.1, -0.05) is 60.8 Å². The van der Waals surface area contributed by atoms with Gasteiger partial charge in [-0.3, -0.25) is 14.2 Å². The van der Waals surface area contributed by atoms with Crippen molar-refractivity contribution in [2.24, 2.45) is 5.92 Å². The molecule has 9 heteroatoms. The van der Waals surface area contributed by atoms with Gasteiger partial charge in [-0.25, -0.2) is 4.98 Å². The Morgan fingerprint density at radius 1 is 1.00 bits per heavy atom. The van der Waals surface area contributed by atoms with Crippen LogP contribution in [0.5, 0.6) is 0 Å². The van der Waals surface area contributed by atoms with Crippen LogP contribution in [0.1, 0.15) is 19.4 Å². The second-order valence-electron chi connectivity index (χ2n) is 9.98. The van der Waals surface area contributed by atoms with Crippen molar-refractivity contribution in [3.05, 3.63) is 79.5 Å². The first kappa shape index (κ1) is 28.1. The lowest BCUT2D eigenvalue weighted by Crippen LogP contribution is -2.31. The lowest BCUT2D eigenvalue weighted by Gasteiger charge is -2.21. The number of anilines is 1. The van der Waals surface area contributed by atoms with E-state index in [1.807, 2.05) is 52.2 Å². The van der Waals surface area contributed by atoms with E-state index < -0.39 is 0 Å². The second-order valence-corrected chi connectivity index (χ2v) is 11.3. The van der Waals surface area contributed by atoms with Crippen LogP contribution in [0.25, 0.3) is 33.4 Å². The molecule has 0 saturated heterocycles. The smallest absolute Gasteiger partial charge is 0.257 e.